The van der Waals surface area contributed by atoms with Gasteiger partial charge in [0, 0.05) is 6.20 Å². The van der Waals surface area contributed by atoms with E-state index in [-0.39, 0.29) is 17.5 Å². The largest absolute Gasteiger partial charge is 0.463 e. The molecule has 1 aromatic heterocycles. The summed E-state index contributed by atoms with van der Waals surface area (Å²) in [7, 11) is 1.22. The maximum atomic E-state index is 11.0. The Kier molecular flexibility index (Phi) is 3.99. The van der Waals surface area contributed by atoms with Crippen LogP contribution in [0.2, 0.25) is 0 Å². The van der Waals surface area contributed by atoms with Crippen molar-refractivity contribution in [1.82, 2.24) is 9.97 Å². The molecule has 0 saturated carbocycles. The highest BCUT2D eigenvalue weighted by atomic mass is 35.5. The van der Waals surface area contributed by atoms with Crippen LogP contribution in [0.15, 0.2) is 12.3 Å². The van der Waals surface area contributed by atoms with Gasteiger partial charge in [-0.3, -0.25) is 4.79 Å². The van der Waals surface area contributed by atoms with Crippen LogP contribution >= 0.6 is 11.6 Å². The summed E-state index contributed by atoms with van der Waals surface area (Å²) in [6.45, 7) is 0. The second-order valence-corrected chi connectivity index (χ2v) is 2.71. The van der Waals surface area contributed by atoms with Crippen molar-refractivity contribution in [2.75, 3.05) is 18.3 Å². The topological polar surface area (TPSA) is 81.2 Å². The van der Waals surface area contributed by atoms with Crippen LogP contribution in [-0.4, -0.2) is 34.8 Å². The highest BCUT2D eigenvalue weighted by Gasteiger charge is 2.10. The highest BCUT2D eigenvalue weighted by Crippen LogP contribution is 2.02. The standard InChI is InChI=1S/C8H8ClN3O3/c1-15-8(14)7-10-3-2-5(12-7)11-6(13)4-9/h2-3H,4H2,1H3,(H,10,11,12,13). The zero-order valence-electron chi connectivity index (χ0n) is 7.86. The lowest BCUT2D eigenvalue weighted by Crippen LogP contribution is -2.16. The van der Waals surface area contributed by atoms with E-state index < -0.39 is 11.9 Å². The number of ether oxygens (including phenoxy) is 1. The van der Waals surface area contributed by atoms with Crippen LogP contribution < -0.4 is 5.32 Å². The van der Waals surface area contributed by atoms with Gasteiger partial charge in [0.1, 0.15) is 11.7 Å². The molecule has 0 aliphatic heterocycles. The smallest absolute Gasteiger partial charge is 0.376 e. The molecule has 6 nitrogen and oxygen atoms in total. The SMILES string of the molecule is COC(=O)c1nccc(NC(=O)CCl)n1. The molecule has 0 unspecified atom stereocenters. The van der Waals surface area contributed by atoms with Crippen LogP contribution in [0, 0.1) is 0 Å². The zero-order valence-corrected chi connectivity index (χ0v) is 8.61. The van der Waals surface area contributed by atoms with Gasteiger partial charge in [-0.05, 0) is 6.07 Å². The highest BCUT2D eigenvalue weighted by molar-refractivity contribution is 6.29. The van der Waals surface area contributed by atoms with Crippen LogP contribution in [0.25, 0.3) is 0 Å². The number of alkyl halides is 1. The van der Waals surface area contributed by atoms with Crippen molar-refractivity contribution in [3.8, 4) is 0 Å². The van der Waals surface area contributed by atoms with Gasteiger partial charge in [-0.2, -0.15) is 0 Å². The Morgan fingerprint density at radius 3 is 2.93 bits per heavy atom. The van der Waals surface area contributed by atoms with E-state index in [1.54, 1.807) is 0 Å². The molecule has 0 atom stereocenters. The predicted molar refractivity (Wildman–Crippen MR) is 52.7 cm³/mol. The van der Waals surface area contributed by atoms with Gasteiger partial charge in [0.15, 0.2) is 0 Å². The Morgan fingerprint density at radius 2 is 2.33 bits per heavy atom. The second kappa shape index (κ2) is 5.26. The van der Waals surface area contributed by atoms with Crippen molar-refractivity contribution in [2.45, 2.75) is 0 Å². The van der Waals surface area contributed by atoms with E-state index in [0.29, 0.717) is 0 Å². The van der Waals surface area contributed by atoms with Gasteiger partial charge >= 0.3 is 5.97 Å². The third kappa shape index (κ3) is 3.17. The zero-order chi connectivity index (χ0) is 11.3. The number of hydrogen-bond acceptors (Lipinski definition) is 5. The van der Waals surface area contributed by atoms with E-state index in [4.69, 9.17) is 11.6 Å². The summed E-state index contributed by atoms with van der Waals surface area (Å²) in [6.07, 6.45) is 1.34. The summed E-state index contributed by atoms with van der Waals surface area (Å²) in [5.74, 6) is -1.18. The first-order valence-electron chi connectivity index (χ1n) is 3.94. The lowest BCUT2D eigenvalue weighted by atomic mass is 10.5. The Morgan fingerprint density at radius 1 is 1.60 bits per heavy atom. The van der Waals surface area contributed by atoms with Gasteiger partial charge in [0.05, 0.1) is 7.11 Å². The summed E-state index contributed by atoms with van der Waals surface area (Å²) in [4.78, 5) is 29.4. The van der Waals surface area contributed by atoms with Crippen molar-refractivity contribution < 1.29 is 14.3 Å². The quantitative estimate of drug-likeness (QED) is 0.601. The van der Waals surface area contributed by atoms with Gasteiger partial charge in [0.2, 0.25) is 11.7 Å². The molecule has 0 aromatic carbocycles. The van der Waals surface area contributed by atoms with Crippen molar-refractivity contribution in [3.63, 3.8) is 0 Å². The fourth-order valence-electron chi connectivity index (χ4n) is 0.794. The number of amides is 1. The maximum Gasteiger partial charge on any atom is 0.376 e. The number of rotatable bonds is 3. The molecule has 0 aliphatic rings. The lowest BCUT2D eigenvalue weighted by Gasteiger charge is -2.02. The number of anilines is 1. The molecule has 7 heteroatoms. The van der Waals surface area contributed by atoms with Gasteiger partial charge in [0.25, 0.3) is 0 Å². The molecule has 0 saturated heterocycles. The Labute approximate surface area is 90.6 Å². The number of carbonyl (C=O) groups is 2. The number of carbonyl (C=O) groups excluding carboxylic acids is 2. The molecule has 80 valence electrons. The Hall–Kier alpha value is -1.69. The van der Waals surface area contributed by atoms with Crippen LogP contribution in [0.4, 0.5) is 5.82 Å². The molecule has 0 aliphatic carbocycles. The number of methoxy groups -OCH3 is 1. The van der Waals surface area contributed by atoms with Gasteiger partial charge < -0.3 is 10.1 Å². The molecule has 0 radical (unpaired) electrons. The molecular weight excluding hydrogens is 222 g/mol. The summed E-state index contributed by atoms with van der Waals surface area (Å²) in [5.41, 5.74) is 0. The van der Waals surface area contributed by atoms with Crippen molar-refractivity contribution in [2.24, 2.45) is 0 Å². The third-order valence-electron chi connectivity index (χ3n) is 1.41. The maximum absolute atomic E-state index is 11.0. The third-order valence-corrected chi connectivity index (χ3v) is 1.66. The van der Waals surface area contributed by atoms with Crippen molar-refractivity contribution >= 4 is 29.3 Å². The first-order chi connectivity index (χ1) is 7.17. The van der Waals surface area contributed by atoms with Crippen LogP contribution in [0.5, 0.6) is 0 Å². The van der Waals surface area contributed by atoms with Crippen LogP contribution in [-0.2, 0) is 9.53 Å². The fraction of sp³-hybridized carbons (Fsp3) is 0.250. The monoisotopic (exact) mass is 229 g/mol. The summed E-state index contributed by atoms with van der Waals surface area (Å²) >= 11 is 5.28. The molecule has 1 heterocycles. The van der Waals surface area contributed by atoms with E-state index in [1.165, 1.54) is 19.4 Å². The minimum atomic E-state index is -0.669. The first kappa shape index (κ1) is 11.4. The average Bonchev–Trinajstić information content (AvgIpc) is 2.28. The van der Waals surface area contributed by atoms with Gasteiger partial charge in [-0.15, -0.1) is 11.6 Å². The lowest BCUT2D eigenvalue weighted by molar-refractivity contribution is -0.113. The number of esters is 1. The summed E-state index contributed by atoms with van der Waals surface area (Å²) in [5, 5.41) is 2.38. The molecular formula is C8H8ClN3O3. The fourth-order valence-corrected chi connectivity index (χ4v) is 0.861. The van der Waals surface area contributed by atoms with Gasteiger partial charge in [-0.25, -0.2) is 14.8 Å². The number of nitrogens with one attached hydrogen (secondary N) is 1. The second-order valence-electron chi connectivity index (χ2n) is 2.44. The molecule has 1 aromatic rings. The number of hydrogen-bond donors (Lipinski definition) is 1. The number of aromatic nitrogens is 2. The molecule has 1 amide bonds. The van der Waals surface area contributed by atoms with Crippen LogP contribution in [0.1, 0.15) is 10.6 Å². The first-order valence-corrected chi connectivity index (χ1v) is 4.48. The van der Waals surface area contributed by atoms with E-state index in [0.717, 1.165) is 0 Å². The molecule has 0 spiro atoms. The number of nitrogens with zero attached hydrogens (tertiary/aromatic N) is 2. The average molecular weight is 230 g/mol. The van der Waals surface area contributed by atoms with Crippen LogP contribution in [0.3, 0.4) is 0 Å². The van der Waals surface area contributed by atoms with E-state index in [1.807, 2.05) is 0 Å². The van der Waals surface area contributed by atoms with Crippen molar-refractivity contribution in [3.05, 3.63) is 18.1 Å². The van der Waals surface area contributed by atoms with E-state index >= 15 is 0 Å². The normalized spacial score (nSPS) is 9.47. The molecule has 15 heavy (non-hydrogen) atoms. The molecule has 0 bridgehead atoms. The van der Waals surface area contributed by atoms with Crippen molar-refractivity contribution in [1.29, 1.82) is 0 Å². The van der Waals surface area contributed by atoms with E-state index in [2.05, 4.69) is 20.0 Å². The molecule has 0 fully saturated rings. The Balaban J connectivity index is 2.83. The minimum Gasteiger partial charge on any atom is -0.463 e. The Bertz CT molecular complexity index is 383. The molecule has 1 N–H and O–H groups in total. The summed E-state index contributed by atoms with van der Waals surface area (Å²) < 4.78 is 4.42. The predicted octanol–water partition coefficient (Wildman–Crippen LogP) is 0.440. The van der Waals surface area contributed by atoms with E-state index in [9.17, 15) is 9.59 Å². The molecule has 1 rings (SSSR count). The van der Waals surface area contributed by atoms with Gasteiger partial charge in [-0.1, -0.05) is 0 Å². The number of halogens is 1. The minimum absolute atomic E-state index is 0.120. The summed E-state index contributed by atoms with van der Waals surface area (Å²) in [6, 6.07) is 1.44.